The van der Waals surface area contributed by atoms with Gasteiger partial charge < -0.3 is 10.2 Å². The molecule has 5 rings (SSSR count). The van der Waals surface area contributed by atoms with E-state index >= 15 is 0 Å². The molecule has 1 aliphatic heterocycles. The number of halogens is 3. The second kappa shape index (κ2) is 6.83. The second-order valence-electron chi connectivity index (χ2n) is 8.08. The van der Waals surface area contributed by atoms with Gasteiger partial charge in [0, 0.05) is 42.1 Å². The summed E-state index contributed by atoms with van der Waals surface area (Å²) >= 11 is 1.11. The lowest BCUT2D eigenvalue weighted by atomic mass is 9.65. The van der Waals surface area contributed by atoms with Gasteiger partial charge in [-0.3, -0.25) is 4.98 Å². The molecule has 29 heavy (non-hydrogen) atoms. The first-order chi connectivity index (χ1) is 13.9. The molecular weight excluding hydrogens is 399 g/mol. The number of nitrogens with one attached hydrogen (secondary N) is 1. The minimum atomic E-state index is -4.21. The van der Waals surface area contributed by atoms with Crippen molar-refractivity contribution in [2.45, 2.75) is 37.9 Å². The van der Waals surface area contributed by atoms with Crippen LogP contribution in [0.2, 0.25) is 0 Å². The fourth-order valence-corrected chi connectivity index (χ4v) is 5.67. The number of aromatic nitrogens is 3. The lowest BCUT2D eigenvalue weighted by Gasteiger charge is -2.46. The van der Waals surface area contributed by atoms with Crippen molar-refractivity contribution in [3.63, 3.8) is 0 Å². The molecule has 0 aromatic carbocycles. The summed E-state index contributed by atoms with van der Waals surface area (Å²) in [6.45, 7) is 1.76. The van der Waals surface area contributed by atoms with Crippen LogP contribution in [0.5, 0.6) is 0 Å². The monoisotopic (exact) mass is 419 g/mol. The van der Waals surface area contributed by atoms with E-state index in [0.29, 0.717) is 10.9 Å². The molecule has 1 saturated carbocycles. The van der Waals surface area contributed by atoms with Crippen molar-refractivity contribution in [1.29, 1.82) is 0 Å². The number of fused-ring (bicyclic) bond motifs is 1. The van der Waals surface area contributed by atoms with Crippen molar-refractivity contribution in [3.05, 3.63) is 41.8 Å². The van der Waals surface area contributed by atoms with Crippen LogP contribution in [0.3, 0.4) is 0 Å². The van der Waals surface area contributed by atoms with E-state index in [2.05, 4.69) is 25.2 Å². The Kier molecular flexibility index (Phi) is 4.38. The number of thiophene rings is 1. The highest BCUT2D eigenvalue weighted by Crippen LogP contribution is 2.50. The van der Waals surface area contributed by atoms with Crippen molar-refractivity contribution < 1.29 is 13.2 Å². The molecule has 0 amide bonds. The first-order valence-electron chi connectivity index (χ1n) is 9.61. The number of anilines is 2. The highest BCUT2D eigenvalue weighted by Gasteiger charge is 2.49. The average molecular weight is 419 g/mol. The van der Waals surface area contributed by atoms with Crippen LogP contribution in [-0.2, 0) is 6.42 Å². The number of nitrogens with zero attached hydrogens (tertiary/aromatic N) is 4. The molecule has 2 aliphatic rings. The maximum atomic E-state index is 12.8. The first kappa shape index (κ1) is 18.6. The van der Waals surface area contributed by atoms with E-state index in [4.69, 9.17) is 0 Å². The summed E-state index contributed by atoms with van der Waals surface area (Å²) in [6, 6.07) is 6.00. The Labute approximate surface area is 170 Å². The number of hydrogen-bond acceptors (Lipinski definition) is 6. The molecule has 1 N–H and O–H groups in total. The number of alkyl halides is 3. The van der Waals surface area contributed by atoms with Crippen LogP contribution < -0.4 is 10.2 Å². The molecule has 1 spiro atoms. The van der Waals surface area contributed by atoms with Crippen LogP contribution in [0.4, 0.5) is 24.7 Å². The molecule has 4 heterocycles. The largest absolute Gasteiger partial charge is 0.393 e. The molecule has 152 valence electrons. The Morgan fingerprint density at radius 2 is 2.00 bits per heavy atom. The lowest BCUT2D eigenvalue weighted by molar-refractivity contribution is -0.126. The summed E-state index contributed by atoms with van der Waals surface area (Å²) in [6.07, 6.45) is 3.14. The molecule has 0 unspecified atom stereocenters. The zero-order chi connectivity index (χ0) is 20.1. The molecule has 3 aromatic heterocycles. The van der Waals surface area contributed by atoms with Crippen molar-refractivity contribution >= 4 is 33.1 Å². The number of pyridine rings is 1. The first-order valence-corrected chi connectivity index (χ1v) is 10.4. The fraction of sp³-hybridized carbons (Fsp3) is 0.450. The third-order valence-corrected chi connectivity index (χ3v) is 6.92. The zero-order valence-corrected chi connectivity index (χ0v) is 16.4. The van der Waals surface area contributed by atoms with Crippen LogP contribution >= 0.6 is 11.3 Å². The fourth-order valence-electron chi connectivity index (χ4n) is 4.65. The standard InChI is InChI=1S/C20H20F3N5S/c21-20(22,23)10-15-7-16-17(25-12-26-18(16)29-15)28-6-3-19(11-28)8-14(9-19)27-13-1-4-24-5-2-13/h1-2,4-5,7,12,14H,3,6,8-11H2,(H,24,27). The second-order valence-corrected chi connectivity index (χ2v) is 9.19. The van der Waals surface area contributed by atoms with E-state index < -0.39 is 12.6 Å². The lowest BCUT2D eigenvalue weighted by Crippen LogP contribution is -2.46. The minimum Gasteiger partial charge on any atom is -0.382 e. The van der Waals surface area contributed by atoms with E-state index in [1.54, 1.807) is 18.5 Å². The molecule has 0 atom stereocenters. The minimum absolute atomic E-state index is 0.257. The molecule has 1 aliphatic carbocycles. The van der Waals surface area contributed by atoms with Crippen molar-refractivity contribution in [2.75, 3.05) is 23.3 Å². The highest BCUT2D eigenvalue weighted by molar-refractivity contribution is 7.18. The maximum Gasteiger partial charge on any atom is 0.393 e. The predicted octanol–water partition coefficient (Wildman–Crippen LogP) is 4.66. The van der Waals surface area contributed by atoms with Crippen LogP contribution in [0.25, 0.3) is 10.2 Å². The van der Waals surface area contributed by atoms with E-state index in [1.165, 1.54) is 6.33 Å². The molecule has 5 nitrogen and oxygen atoms in total. The summed E-state index contributed by atoms with van der Waals surface area (Å²) in [7, 11) is 0. The normalized spacial score (nSPS) is 24.2. The van der Waals surface area contributed by atoms with Crippen LogP contribution in [-0.4, -0.2) is 40.3 Å². The molecule has 0 bridgehead atoms. The zero-order valence-electron chi connectivity index (χ0n) is 15.6. The molecular formula is C20H20F3N5S. The van der Waals surface area contributed by atoms with Crippen molar-refractivity contribution in [3.8, 4) is 0 Å². The summed E-state index contributed by atoms with van der Waals surface area (Å²) in [5.74, 6) is 0.766. The van der Waals surface area contributed by atoms with Gasteiger partial charge in [-0.25, -0.2) is 9.97 Å². The van der Waals surface area contributed by atoms with E-state index in [1.807, 2.05) is 12.1 Å². The van der Waals surface area contributed by atoms with Gasteiger partial charge in [-0.2, -0.15) is 13.2 Å². The van der Waals surface area contributed by atoms with E-state index in [-0.39, 0.29) is 10.3 Å². The highest BCUT2D eigenvalue weighted by atomic mass is 32.1. The van der Waals surface area contributed by atoms with Gasteiger partial charge in [0.15, 0.2) is 0 Å². The Bertz CT molecular complexity index is 1010. The quantitative estimate of drug-likeness (QED) is 0.667. The van der Waals surface area contributed by atoms with Gasteiger partial charge in [-0.15, -0.1) is 11.3 Å². The molecule has 9 heteroatoms. The third kappa shape index (κ3) is 3.75. The van der Waals surface area contributed by atoms with Crippen LogP contribution in [0.1, 0.15) is 24.1 Å². The predicted molar refractivity (Wildman–Crippen MR) is 107 cm³/mol. The summed E-state index contributed by atoms with van der Waals surface area (Å²) < 4.78 is 38.3. The summed E-state index contributed by atoms with van der Waals surface area (Å²) in [5, 5.41) is 4.29. The van der Waals surface area contributed by atoms with Crippen molar-refractivity contribution in [2.24, 2.45) is 5.41 Å². The van der Waals surface area contributed by atoms with Gasteiger partial charge in [0.25, 0.3) is 0 Å². The van der Waals surface area contributed by atoms with Crippen molar-refractivity contribution in [1.82, 2.24) is 15.0 Å². The molecule has 1 saturated heterocycles. The Morgan fingerprint density at radius 1 is 1.21 bits per heavy atom. The summed E-state index contributed by atoms with van der Waals surface area (Å²) in [4.78, 5) is 15.8. The average Bonchev–Trinajstić information content (AvgIpc) is 3.24. The SMILES string of the molecule is FC(F)(F)Cc1cc2c(N3CCC4(CC(Nc5ccncc5)C4)C3)ncnc2s1. The smallest absolute Gasteiger partial charge is 0.382 e. The number of rotatable bonds is 4. The maximum absolute atomic E-state index is 12.8. The van der Waals surface area contributed by atoms with Gasteiger partial charge >= 0.3 is 6.18 Å². The van der Waals surface area contributed by atoms with E-state index in [0.717, 1.165) is 60.6 Å². The van der Waals surface area contributed by atoms with Gasteiger partial charge in [0.1, 0.15) is 17.0 Å². The van der Waals surface area contributed by atoms with Gasteiger partial charge in [0.05, 0.1) is 11.8 Å². The van der Waals surface area contributed by atoms with Gasteiger partial charge in [-0.05, 0) is 42.9 Å². The molecule has 0 radical (unpaired) electrons. The third-order valence-electron chi connectivity index (χ3n) is 5.88. The summed E-state index contributed by atoms with van der Waals surface area (Å²) in [5.41, 5.74) is 1.34. The topological polar surface area (TPSA) is 53.9 Å². The Morgan fingerprint density at radius 3 is 2.76 bits per heavy atom. The van der Waals surface area contributed by atoms with Crippen LogP contribution in [0.15, 0.2) is 36.9 Å². The van der Waals surface area contributed by atoms with Gasteiger partial charge in [-0.1, -0.05) is 0 Å². The van der Waals surface area contributed by atoms with Gasteiger partial charge in [0.2, 0.25) is 0 Å². The molecule has 3 aromatic rings. The Hall–Kier alpha value is -2.42. The van der Waals surface area contributed by atoms with E-state index in [9.17, 15) is 13.2 Å². The van der Waals surface area contributed by atoms with Crippen LogP contribution in [0, 0.1) is 5.41 Å². The Balaban J connectivity index is 1.29. The number of hydrogen-bond donors (Lipinski definition) is 1. The molecule has 2 fully saturated rings.